The second kappa shape index (κ2) is 2.21. The van der Waals surface area contributed by atoms with Gasteiger partial charge in [-0.2, -0.15) is 0 Å². The van der Waals surface area contributed by atoms with Crippen molar-refractivity contribution in [3.8, 4) is 0 Å². The Kier molecular flexibility index (Phi) is 1.40. The van der Waals surface area contributed by atoms with Crippen molar-refractivity contribution >= 4 is 25.1 Å². The van der Waals surface area contributed by atoms with Crippen LogP contribution in [0.25, 0.3) is 0 Å². The fourth-order valence-electron chi connectivity index (χ4n) is 0.512. The van der Waals surface area contributed by atoms with E-state index in [1.54, 1.807) is 0 Å². The van der Waals surface area contributed by atoms with Crippen molar-refractivity contribution in [2.75, 3.05) is 0 Å². The molecule has 0 spiro atoms. The molecule has 4 heteroatoms. The summed E-state index contributed by atoms with van der Waals surface area (Å²) in [5.41, 5.74) is 0. The van der Waals surface area contributed by atoms with E-state index in [0.29, 0.717) is 11.6 Å². The van der Waals surface area contributed by atoms with Gasteiger partial charge in [-0.15, -0.1) is 0 Å². The van der Waals surface area contributed by atoms with Crippen molar-refractivity contribution in [3.63, 3.8) is 0 Å². The maximum atomic E-state index is 3.79. The summed E-state index contributed by atoms with van der Waals surface area (Å²) < 4.78 is 0. The Bertz CT molecular complexity index is 202. The van der Waals surface area contributed by atoms with Gasteiger partial charge < -0.3 is 4.98 Å². The Morgan fingerprint density at radius 2 is 2.22 bits per heavy atom. The number of hydrogen-bond donors (Lipinski definition) is 1. The molecule has 46 valence electrons. The van der Waals surface area contributed by atoms with Crippen molar-refractivity contribution in [1.82, 2.24) is 9.97 Å². The van der Waals surface area contributed by atoms with Crippen LogP contribution in [-0.2, 0) is 0 Å². The van der Waals surface area contributed by atoms with Gasteiger partial charge >= 0.3 is 0 Å². The predicted octanol–water partition coefficient (Wildman–Crippen LogP) is 1.07. The van der Waals surface area contributed by atoms with Crippen LogP contribution in [0.15, 0.2) is 16.3 Å². The normalized spacial score (nSPS) is 8.89. The highest BCUT2D eigenvalue weighted by Gasteiger charge is 1.96. The molecule has 0 amide bonds. The smallest absolute Gasteiger partial charge is 0.196 e. The first-order valence-electron chi connectivity index (χ1n) is 2.35. The first kappa shape index (κ1) is 5.68. The standard InChI is InChI=1S/C5H6N4/c1-6-4-5(7-2)9-3-8-4/h3H,1-2H2,(H,8,9). The minimum Gasteiger partial charge on any atom is -0.328 e. The van der Waals surface area contributed by atoms with Crippen LogP contribution in [0.1, 0.15) is 0 Å². The summed E-state index contributed by atoms with van der Waals surface area (Å²) in [5.74, 6) is 1.05. The van der Waals surface area contributed by atoms with Gasteiger partial charge in [-0.3, -0.25) is 0 Å². The number of hydrogen-bond acceptors (Lipinski definition) is 3. The molecule has 0 aliphatic rings. The number of aromatic amines is 1. The molecule has 0 saturated carbocycles. The van der Waals surface area contributed by atoms with E-state index in [0.717, 1.165) is 0 Å². The topological polar surface area (TPSA) is 53.4 Å². The molecule has 1 aromatic heterocycles. The van der Waals surface area contributed by atoms with Crippen LogP contribution in [0.4, 0.5) is 11.6 Å². The van der Waals surface area contributed by atoms with Crippen molar-refractivity contribution < 1.29 is 0 Å². The van der Waals surface area contributed by atoms with Crippen LogP contribution in [-0.4, -0.2) is 23.4 Å². The van der Waals surface area contributed by atoms with Gasteiger partial charge in [0.25, 0.3) is 0 Å². The summed E-state index contributed by atoms with van der Waals surface area (Å²) in [4.78, 5) is 13.7. The van der Waals surface area contributed by atoms with Gasteiger partial charge in [0.1, 0.15) is 0 Å². The zero-order valence-corrected chi connectivity index (χ0v) is 4.83. The number of rotatable bonds is 2. The maximum absolute atomic E-state index is 3.79. The van der Waals surface area contributed by atoms with E-state index in [2.05, 4.69) is 33.4 Å². The molecule has 1 heterocycles. The van der Waals surface area contributed by atoms with Crippen molar-refractivity contribution in [1.29, 1.82) is 0 Å². The van der Waals surface area contributed by atoms with Crippen LogP contribution in [0.2, 0.25) is 0 Å². The molecule has 1 N–H and O–H groups in total. The average Bonchev–Trinajstić information content (AvgIpc) is 2.33. The molecule has 1 aromatic rings. The fraction of sp³-hybridized carbons (Fsp3) is 0. The number of nitrogens with one attached hydrogen (secondary N) is 1. The van der Waals surface area contributed by atoms with Crippen LogP contribution in [0.3, 0.4) is 0 Å². The quantitative estimate of drug-likeness (QED) is 0.586. The second-order valence-corrected chi connectivity index (χ2v) is 1.39. The number of H-pyrrole nitrogens is 1. The lowest BCUT2D eigenvalue weighted by molar-refractivity contribution is 1.30. The Morgan fingerprint density at radius 1 is 1.44 bits per heavy atom. The number of aliphatic imine (C=N–C) groups is 2. The number of imidazole rings is 1. The van der Waals surface area contributed by atoms with Crippen LogP contribution < -0.4 is 0 Å². The SMILES string of the molecule is C=Nc1nc[nH]c1N=C. The minimum absolute atomic E-state index is 0.491. The zero-order chi connectivity index (χ0) is 6.69. The first-order chi connectivity index (χ1) is 4.38. The van der Waals surface area contributed by atoms with Gasteiger partial charge in [0.05, 0.1) is 6.33 Å². The molecule has 1 rings (SSSR count). The molecule has 0 atom stereocenters. The van der Waals surface area contributed by atoms with Gasteiger partial charge in [-0.05, 0) is 13.4 Å². The molecule has 9 heavy (non-hydrogen) atoms. The Hall–Kier alpha value is -1.45. The van der Waals surface area contributed by atoms with Gasteiger partial charge in [-0.1, -0.05) is 0 Å². The monoisotopic (exact) mass is 122 g/mol. The molecular formula is C5H6N4. The van der Waals surface area contributed by atoms with E-state index in [9.17, 15) is 0 Å². The van der Waals surface area contributed by atoms with Crippen molar-refractivity contribution in [2.24, 2.45) is 9.98 Å². The summed E-state index contributed by atoms with van der Waals surface area (Å²) in [6, 6.07) is 0. The van der Waals surface area contributed by atoms with Crippen LogP contribution in [0, 0.1) is 0 Å². The largest absolute Gasteiger partial charge is 0.328 e. The lowest BCUT2D eigenvalue weighted by Crippen LogP contribution is -1.59. The van der Waals surface area contributed by atoms with Crippen LogP contribution in [0.5, 0.6) is 0 Å². The first-order valence-corrected chi connectivity index (χ1v) is 2.35. The molecule has 0 aliphatic heterocycles. The summed E-state index contributed by atoms with van der Waals surface area (Å²) in [5, 5.41) is 0. The highest BCUT2D eigenvalue weighted by Crippen LogP contribution is 2.19. The molecule has 4 nitrogen and oxygen atoms in total. The second-order valence-electron chi connectivity index (χ2n) is 1.39. The molecule has 0 saturated heterocycles. The fourth-order valence-corrected chi connectivity index (χ4v) is 0.512. The van der Waals surface area contributed by atoms with E-state index < -0.39 is 0 Å². The summed E-state index contributed by atoms with van der Waals surface area (Å²) in [6.45, 7) is 6.59. The lowest BCUT2D eigenvalue weighted by Gasteiger charge is -1.82. The van der Waals surface area contributed by atoms with E-state index in [1.165, 1.54) is 6.33 Å². The maximum Gasteiger partial charge on any atom is 0.196 e. The van der Waals surface area contributed by atoms with Gasteiger partial charge in [0, 0.05) is 0 Å². The Balaban J connectivity index is 3.12. The number of nitrogens with zero attached hydrogens (tertiary/aromatic N) is 3. The third-order valence-corrected chi connectivity index (χ3v) is 0.908. The average molecular weight is 122 g/mol. The molecule has 0 bridgehead atoms. The Morgan fingerprint density at radius 3 is 2.67 bits per heavy atom. The van der Waals surface area contributed by atoms with Crippen molar-refractivity contribution in [2.45, 2.75) is 0 Å². The van der Waals surface area contributed by atoms with Gasteiger partial charge in [0.2, 0.25) is 0 Å². The highest BCUT2D eigenvalue weighted by atomic mass is 15.1. The summed E-state index contributed by atoms with van der Waals surface area (Å²) in [7, 11) is 0. The number of aromatic nitrogens is 2. The van der Waals surface area contributed by atoms with Crippen molar-refractivity contribution in [3.05, 3.63) is 6.33 Å². The van der Waals surface area contributed by atoms with Crippen LogP contribution >= 0.6 is 0 Å². The molecule has 0 aliphatic carbocycles. The lowest BCUT2D eigenvalue weighted by atomic mass is 10.7. The summed E-state index contributed by atoms with van der Waals surface area (Å²) >= 11 is 0. The Labute approximate surface area is 52.4 Å². The van der Waals surface area contributed by atoms with E-state index >= 15 is 0 Å². The minimum atomic E-state index is 0.491. The molecule has 0 aromatic carbocycles. The van der Waals surface area contributed by atoms with E-state index in [-0.39, 0.29) is 0 Å². The highest BCUT2D eigenvalue weighted by molar-refractivity contribution is 5.57. The van der Waals surface area contributed by atoms with Gasteiger partial charge in [0.15, 0.2) is 11.6 Å². The predicted molar refractivity (Wildman–Crippen MR) is 37.0 cm³/mol. The third kappa shape index (κ3) is 0.861. The molecule has 0 radical (unpaired) electrons. The van der Waals surface area contributed by atoms with Gasteiger partial charge in [-0.25, -0.2) is 15.0 Å². The molecule has 0 unspecified atom stereocenters. The third-order valence-electron chi connectivity index (χ3n) is 0.908. The zero-order valence-electron chi connectivity index (χ0n) is 4.83. The van der Waals surface area contributed by atoms with E-state index in [4.69, 9.17) is 0 Å². The molecule has 0 fully saturated rings. The molecular weight excluding hydrogens is 116 g/mol. The summed E-state index contributed by atoms with van der Waals surface area (Å²) in [6.07, 6.45) is 1.49. The van der Waals surface area contributed by atoms with E-state index in [1.807, 2.05) is 0 Å².